The van der Waals surface area contributed by atoms with E-state index < -0.39 is 0 Å². The van der Waals surface area contributed by atoms with Crippen LogP contribution in [0.2, 0.25) is 0 Å². The van der Waals surface area contributed by atoms with Crippen LogP contribution in [0.5, 0.6) is 0 Å². The minimum absolute atomic E-state index is 0. The van der Waals surface area contributed by atoms with Crippen molar-refractivity contribution in [1.29, 1.82) is 0 Å². The molecule has 0 aromatic carbocycles. The number of ether oxygens (including phenoxy) is 1. The number of carbonyl (C=O) groups is 2. The average molecular weight is 345 g/mol. The smallest absolute Gasteiger partial charge is 0.310 e. The van der Waals surface area contributed by atoms with E-state index in [9.17, 15) is 9.59 Å². The first-order valence-corrected chi connectivity index (χ1v) is 5.70. The predicted molar refractivity (Wildman–Crippen MR) is 65.6 cm³/mol. The molecule has 0 aliphatic carbocycles. The third-order valence-electron chi connectivity index (χ3n) is 2.53. The third kappa shape index (κ3) is 3.85. The SMILES string of the molecule is Br.COC(=O)C1CNCCC1C(=O)CBr. The number of Topliss-reactive ketones (excluding diaryl/α,β-unsaturated/α-hetero) is 1. The van der Waals surface area contributed by atoms with E-state index in [0.29, 0.717) is 18.3 Å². The van der Waals surface area contributed by atoms with E-state index in [-0.39, 0.29) is 40.6 Å². The molecule has 0 radical (unpaired) electrons. The van der Waals surface area contributed by atoms with Crippen molar-refractivity contribution in [2.75, 3.05) is 25.5 Å². The lowest BCUT2D eigenvalue weighted by Gasteiger charge is -2.28. The molecule has 1 saturated heterocycles. The molecule has 1 N–H and O–H groups in total. The molecule has 6 heteroatoms. The van der Waals surface area contributed by atoms with Crippen LogP contribution >= 0.6 is 32.9 Å². The summed E-state index contributed by atoms with van der Waals surface area (Å²) in [5, 5.41) is 3.40. The zero-order chi connectivity index (χ0) is 10.6. The van der Waals surface area contributed by atoms with Gasteiger partial charge >= 0.3 is 5.97 Å². The Kier molecular flexibility index (Phi) is 7.38. The van der Waals surface area contributed by atoms with Crippen molar-refractivity contribution in [3.05, 3.63) is 0 Å². The second-order valence-corrected chi connectivity index (χ2v) is 3.89. The van der Waals surface area contributed by atoms with Gasteiger partial charge in [-0.25, -0.2) is 0 Å². The largest absolute Gasteiger partial charge is 0.469 e. The van der Waals surface area contributed by atoms with Crippen molar-refractivity contribution in [2.24, 2.45) is 11.8 Å². The lowest BCUT2D eigenvalue weighted by Crippen LogP contribution is -2.44. The zero-order valence-corrected chi connectivity index (χ0v) is 11.8. The van der Waals surface area contributed by atoms with Crippen LogP contribution < -0.4 is 5.32 Å². The van der Waals surface area contributed by atoms with Crippen LogP contribution in [0, 0.1) is 11.8 Å². The number of piperidine rings is 1. The van der Waals surface area contributed by atoms with Gasteiger partial charge in [0.15, 0.2) is 0 Å². The van der Waals surface area contributed by atoms with Crippen molar-refractivity contribution in [1.82, 2.24) is 5.32 Å². The van der Waals surface area contributed by atoms with Crippen molar-refractivity contribution in [3.8, 4) is 0 Å². The average Bonchev–Trinajstić information content (AvgIpc) is 2.27. The third-order valence-corrected chi connectivity index (χ3v) is 3.08. The molecular formula is C9H15Br2NO3. The van der Waals surface area contributed by atoms with Crippen LogP contribution in [0.1, 0.15) is 6.42 Å². The normalized spacial score (nSPS) is 25.2. The molecule has 0 bridgehead atoms. The Morgan fingerprint density at radius 2 is 2.13 bits per heavy atom. The topological polar surface area (TPSA) is 55.4 Å². The molecule has 1 rings (SSSR count). The van der Waals surface area contributed by atoms with Gasteiger partial charge in [0.05, 0.1) is 18.4 Å². The minimum Gasteiger partial charge on any atom is -0.469 e. The molecule has 2 unspecified atom stereocenters. The summed E-state index contributed by atoms with van der Waals surface area (Å²) in [5.74, 6) is -0.722. The van der Waals surface area contributed by atoms with Crippen LogP contribution in [0.3, 0.4) is 0 Å². The molecule has 2 atom stereocenters. The summed E-state index contributed by atoms with van der Waals surface area (Å²) in [6, 6.07) is 0. The van der Waals surface area contributed by atoms with Crippen molar-refractivity contribution < 1.29 is 14.3 Å². The van der Waals surface area contributed by atoms with Crippen LogP contribution in [0.4, 0.5) is 0 Å². The van der Waals surface area contributed by atoms with Crippen LogP contribution in [-0.2, 0) is 14.3 Å². The number of hydrogen-bond acceptors (Lipinski definition) is 4. The number of esters is 1. The van der Waals surface area contributed by atoms with Gasteiger partial charge in [-0.3, -0.25) is 9.59 Å². The zero-order valence-electron chi connectivity index (χ0n) is 8.49. The molecule has 1 aliphatic rings. The summed E-state index contributed by atoms with van der Waals surface area (Å²) in [5.41, 5.74) is 0. The molecule has 0 amide bonds. The van der Waals surface area contributed by atoms with E-state index in [1.165, 1.54) is 7.11 Å². The van der Waals surface area contributed by atoms with Gasteiger partial charge in [0.1, 0.15) is 5.78 Å². The highest BCUT2D eigenvalue weighted by Crippen LogP contribution is 2.22. The number of nitrogens with one attached hydrogen (secondary N) is 1. The summed E-state index contributed by atoms with van der Waals surface area (Å²) in [6.07, 6.45) is 0.712. The number of ketones is 1. The van der Waals surface area contributed by atoms with E-state index in [4.69, 9.17) is 0 Å². The van der Waals surface area contributed by atoms with Gasteiger partial charge in [-0.15, -0.1) is 17.0 Å². The number of hydrogen-bond donors (Lipinski definition) is 1. The van der Waals surface area contributed by atoms with Crippen LogP contribution in [0.25, 0.3) is 0 Å². The lowest BCUT2D eigenvalue weighted by atomic mass is 9.84. The summed E-state index contributed by atoms with van der Waals surface area (Å²) in [7, 11) is 1.35. The van der Waals surface area contributed by atoms with Crippen molar-refractivity contribution in [3.63, 3.8) is 0 Å². The van der Waals surface area contributed by atoms with E-state index in [1.54, 1.807) is 0 Å². The molecule has 0 saturated carbocycles. The molecule has 0 aromatic heterocycles. The predicted octanol–water partition coefficient (Wildman–Crippen LogP) is 0.927. The number of carbonyl (C=O) groups excluding carboxylic acids is 2. The van der Waals surface area contributed by atoms with Gasteiger partial charge in [0, 0.05) is 12.5 Å². The molecule has 88 valence electrons. The van der Waals surface area contributed by atoms with Gasteiger partial charge in [-0.1, -0.05) is 15.9 Å². The fourth-order valence-corrected chi connectivity index (χ4v) is 2.16. The highest BCUT2D eigenvalue weighted by atomic mass is 79.9. The first-order valence-electron chi connectivity index (χ1n) is 4.58. The van der Waals surface area contributed by atoms with Crippen LogP contribution in [-0.4, -0.2) is 37.3 Å². The van der Waals surface area contributed by atoms with Gasteiger partial charge in [-0.2, -0.15) is 0 Å². The molecule has 1 heterocycles. The number of alkyl halides is 1. The highest BCUT2D eigenvalue weighted by Gasteiger charge is 2.35. The first kappa shape index (κ1) is 15.1. The van der Waals surface area contributed by atoms with Crippen molar-refractivity contribution in [2.45, 2.75) is 6.42 Å². The maximum atomic E-state index is 11.5. The van der Waals surface area contributed by atoms with Gasteiger partial charge in [-0.05, 0) is 13.0 Å². The van der Waals surface area contributed by atoms with E-state index in [2.05, 4.69) is 26.0 Å². The van der Waals surface area contributed by atoms with E-state index in [1.807, 2.05) is 0 Å². The summed E-state index contributed by atoms with van der Waals surface area (Å²) >= 11 is 3.13. The fourth-order valence-electron chi connectivity index (χ4n) is 1.74. The minimum atomic E-state index is -0.321. The summed E-state index contributed by atoms with van der Waals surface area (Å²) in [4.78, 5) is 22.9. The Balaban J connectivity index is 0.00000196. The Labute approximate surface area is 108 Å². The van der Waals surface area contributed by atoms with Gasteiger partial charge < -0.3 is 10.1 Å². The van der Waals surface area contributed by atoms with Gasteiger partial charge in [0.25, 0.3) is 0 Å². The summed E-state index contributed by atoms with van der Waals surface area (Å²) in [6.45, 7) is 1.33. The first-order chi connectivity index (χ1) is 6.70. The second kappa shape index (κ2) is 7.35. The molecule has 1 aliphatic heterocycles. The number of halogens is 2. The van der Waals surface area contributed by atoms with Gasteiger partial charge in [0.2, 0.25) is 0 Å². The standard InChI is InChI=1S/C9H14BrNO3.BrH/c1-14-9(13)7-5-11-3-2-6(7)8(12)4-10;/h6-7,11H,2-5H2,1H3;1H. The van der Waals surface area contributed by atoms with Crippen molar-refractivity contribution >= 4 is 44.7 Å². The molecule has 1 fully saturated rings. The van der Waals surface area contributed by atoms with Crippen LogP contribution in [0.15, 0.2) is 0 Å². The highest BCUT2D eigenvalue weighted by molar-refractivity contribution is 9.09. The maximum absolute atomic E-state index is 11.5. The maximum Gasteiger partial charge on any atom is 0.310 e. The van der Waals surface area contributed by atoms with E-state index >= 15 is 0 Å². The Morgan fingerprint density at radius 1 is 1.47 bits per heavy atom. The lowest BCUT2D eigenvalue weighted by molar-refractivity contribution is -0.150. The fraction of sp³-hybridized carbons (Fsp3) is 0.778. The van der Waals surface area contributed by atoms with E-state index in [0.717, 1.165) is 6.54 Å². The molecule has 0 aromatic rings. The monoisotopic (exact) mass is 343 g/mol. The molecule has 4 nitrogen and oxygen atoms in total. The Morgan fingerprint density at radius 3 is 2.67 bits per heavy atom. The molecule has 0 spiro atoms. The quantitative estimate of drug-likeness (QED) is 0.611. The summed E-state index contributed by atoms with van der Waals surface area (Å²) < 4.78 is 4.67. The second-order valence-electron chi connectivity index (χ2n) is 3.33. The molecular weight excluding hydrogens is 330 g/mol. The Hall–Kier alpha value is 0.0600. The molecule has 15 heavy (non-hydrogen) atoms. The number of rotatable bonds is 3. The Bertz CT molecular complexity index is 211. The number of methoxy groups -OCH3 is 1.